The number of nitrogens with zero attached hydrogens (tertiary/aromatic N) is 3. The molecule has 1 N–H and O–H groups in total. The van der Waals surface area contributed by atoms with E-state index < -0.39 is 29.0 Å². The third kappa shape index (κ3) is 3.42. The van der Waals surface area contributed by atoms with E-state index in [0.29, 0.717) is 24.1 Å². The van der Waals surface area contributed by atoms with Crippen molar-refractivity contribution in [3.63, 3.8) is 0 Å². The minimum Gasteiger partial charge on any atom is -0.303 e. The summed E-state index contributed by atoms with van der Waals surface area (Å²) in [5, 5.41) is 3.31. The SMILES string of the molecule is C[C@@H]1CCCN[C@@]1(CN1C(=O)c2ccccc2C1=O)C(=O)c1cccc(F)c1-c1ncccn1. The Hall–Kier alpha value is -3.78. The number of ketones is 1. The number of fused-ring (bicyclic) bond motifs is 1. The van der Waals surface area contributed by atoms with Crippen LogP contribution in [0.2, 0.25) is 0 Å². The summed E-state index contributed by atoms with van der Waals surface area (Å²) in [6.45, 7) is 2.30. The third-order valence-corrected chi connectivity index (χ3v) is 6.83. The normalized spacial score (nSPS) is 22.1. The zero-order valence-electron chi connectivity index (χ0n) is 18.6. The molecule has 0 radical (unpaired) electrons. The summed E-state index contributed by atoms with van der Waals surface area (Å²) in [6.07, 6.45) is 4.53. The van der Waals surface area contributed by atoms with Crippen molar-refractivity contribution in [2.45, 2.75) is 25.3 Å². The number of hydrogen-bond acceptors (Lipinski definition) is 6. The van der Waals surface area contributed by atoms with Crippen molar-refractivity contribution in [2.24, 2.45) is 5.92 Å². The molecule has 2 atom stereocenters. The van der Waals surface area contributed by atoms with Gasteiger partial charge in [-0.3, -0.25) is 19.3 Å². The highest BCUT2D eigenvalue weighted by atomic mass is 19.1. The highest BCUT2D eigenvalue weighted by Crippen LogP contribution is 2.36. The van der Waals surface area contributed by atoms with Crippen LogP contribution in [0.15, 0.2) is 60.9 Å². The van der Waals surface area contributed by atoms with Gasteiger partial charge in [0, 0.05) is 18.0 Å². The number of carbonyl (C=O) groups excluding carboxylic acids is 3. The zero-order valence-corrected chi connectivity index (χ0v) is 18.6. The van der Waals surface area contributed by atoms with Gasteiger partial charge in [0.25, 0.3) is 11.8 Å². The van der Waals surface area contributed by atoms with Crippen molar-refractivity contribution in [2.75, 3.05) is 13.1 Å². The zero-order chi connectivity index (χ0) is 23.9. The fourth-order valence-corrected chi connectivity index (χ4v) is 4.97. The summed E-state index contributed by atoms with van der Waals surface area (Å²) in [5.74, 6) is -1.99. The van der Waals surface area contributed by atoms with Crippen LogP contribution in [0.1, 0.15) is 50.8 Å². The van der Waals surface area contributed by atoms with Crippen molar-refractivity contribution >= 4 is 17.6 Å². The molecular weight excluding hydrogens is 435 g/mol. The Bertz CT molecular complexity index is 1260. The van der Waals surface area contributed by atoms with Crippen LogP contribution < -0.4 is 5.32 Å². The van der Waals surface area contributed by atoms with Gasteiger partial charge in [0.15, 0.2) is 11.6 Å². The van der Waals surface area contributed by atoms with E-state index in [2.05, 4.69) is 15.3 Å². The lowest BCUT2D eigenvalue weighted by atomic mass is 9.73. The first-order chi connectivity index (χ1) is 16.4. The van der Waals surface area contributed by atoms with Crippen LogP contribution in [0.25, 0.3) is 11.4 Å². The van der Waals surface area contributed by atoms with Crippen LogP contribution in [0.5, 0.6) is 0 Å². The first-order valence-corrected chi connectivity index (χ1v) is 11.2. The average molecular weight is 458 g/mol. The van der Waals surface area contributed by atoms with Crippen LogP contribution in [-0.2, 0) is 0 Å². The van der Waals surface area contributed by atoms with E-state index >= 15 is 4.39 Å². The van der Waals surface area contributed by atoms with Crippen LogP contribution in [0, 0.1) is 11.7 Å². The molecule has 0 unspecified atom stereocenters. The minimum atomic E-state index is -1.27. The van der Waals surface area contributed by atoms with E-state index in [1.165, 1.54) is 24.5 Å². The first-order valence-electron chi connectivity index (χ1n) is 11.2. The van der Waals surface area contributed by atoms with E-state index in [9.17, 15) is 14.4 Å². The first kappa shape index (κ1) is 22.0. The number of hydrogen-bond donors (Lipinski definition) is 1. The van der Waals surface area contributed by atoms with Gasteiger partial charge in [-0.1, -0.05) is 31.2 Å². The molecule has 1 fully saturated rings. The molecule has 8 heteroatoms. The maximum Gasteiger partial charge on any atom is 0.261 e. The molecule has 5 rings (SSSR count). The standard InChI is InChI=1S/C26H23FN4O3/c1-16-7-5-14-30-26(16,15-31-24(33)17-8-2-3-9-18(17)25(31)34)22(32)19-10-4-11-20(27)21(19)23-28-12-6-13-29-23/h2-4,6,8-13,16,30H,5,7,14-15H2,1H3/t16-,26-/m1/s1. The molecule has 172 valence electrons. The fraction of sp³-hybridized carbons (Fsp3) is 0.269. The largest absolute Gasteiger partial charge is 0.303 e. The number of Topliss-reactive ketones (excluding diaryl/α,β-unsaturated/α-hetero) is 1. The number of aromatic nitrogens is 2. The fourth-order valence-electron chi connectivity index (χ4n) is 4.97. The topological polar surface area (TPSA) is 92.3 Å². The number of halogens is 1. The maximum absolute atomic E-state index is 15.0. The maximum atomic E-state index is 15.0. The third-order valence-electron chi connectivity index (χ3n) is 6.83. The highest BCUT2D eigenvalue weighted by Gasteiger charge is 2.50. The number of imide groups is 1. The van der Waals surface area contributed by atoms with Crippen molar-refractivity contribution in [3.8, 4) is 11.4 Å². The lowest BCUT2D eigenvalue weighted by molar-refractivity contribution is 0.0485. The Morgan fingerprint density at radius 2 is 1.74 bits per heavy atom. The molecule has 2 aliphatic heterocycles. The molecule has 3 heterocycles. The smallest absolute Gasteiger partial charge is 0.261 e. The Kier molecular flexibility index (Phi) is 5.53. The van der Waals surface area contributed by atoms with Gasteiger partial charge in [-0.15, -0.1) is 0 Å². The molecule has 34 heavy (non-hydrogen) atoms. The number of nitrogens with one attached hydrogen (secondary N) is 1. The number of rotatable bonds is 5. The summed E-state index contributed by atoms with van der Waals surface area (Å²) in [5.41, 5.74) is -0.507. The lowest BCUT2D eigenvalue weighted by Crippen LogP contribution is -2.65. The molecule has 0 aliphatic carbocycles. The molecule has 2 aliphatic rings. The number of carbonyl (C=O) groups is 3. The summed E-state index contributed by atoms with van der Waals surface area (Å²) >= 11 is 0. The highest BCUT2D eigenvalue weighted by molar-refractivity contribution is 6.22. The van der Waals surface area contributed by atoms with Crippen molar-refractivity contribution in [1.82, 2.24) is 20.2 Å². The van der Waals surface area contributed by atoms with Gasteiger partial charge in [0.05, 0.1) is 23.2 Å². The Morgan fingerprint density at radius 3 is 2.38 bits per heavy atom. The van der Waals surface area contributed by atoms with E-state index in [0.717, 1.165) is 11.3 Å². The predicted molar refractivity (Wildman–Crippen MR) is 123 cm³/mol. The molecular formula is C26H23FN4O3. The average Bonchev–Trinajstić information content (AvgIpc) is 3.10. The molecule has 0 bridgehead atoms. The van der Waals surface area contributed by atoms with E-state index in [-0.39, 0.29) is 29.4 Å². The summed E-state index contributed by atoms with van der Waals surface area (Å²) in [4.78, 5) is 49.9. The van der Waals surface area contributed by atoms with Gasteiger partial charge in [-0.25, -0.2) is 14.4 Å². The molecule has 3 aromatic rings. The molecule has 1 aromatic heterocycles. The summed E-state index contributed by atoms with van der Waals surface area (Å²) in [7, 11) is 0. The number of amides is 2. The second kappa shape index (κ2) is 8.53. The second-order valence-corrected chi connectivity index (χ2v) is 8.75. The molecule has 7 nitrogen and oxygen atoms in total. The number of benzene rings is 2. The monoisotopic (exact) mass is 458 g/mol. The van der Waals surface area contributed by atoms with Crippen LogP contribution in [-0.4, -0.2) is 51.1 Å². The van der Waals surface area contributed by atoms with Gasteiger partial charge < -0.3 is 5.32 Å². The van der Waals surface area contributed by atoms with Crippen LogP contribution in [0.4, 0.5) is 4.39 Å². The van der Waals surface area contributed by atoms with Crippen LogP contribution in [0.3, 0.4) is 0 Å². The molecule has 0 spiro atoms. The summed E-state index contributed by atoms with van der Waals surface area (Å²) < 4.78 is 15.0. The van der Waals surface area contributed by atoms with Crippen molar-refractivity contribution < 1.29 is 18.8 Å². The van der Waals surface area contributed by atoms with Crippen molar-refractivity contribution in [1.29, 1.82) is 0 Å². The Balaban J connectivity index is 1.60. The van der Waals surface area contributed by atoms with Gasteiger partial charge >= 0.3 is 0 Å². The quantitative estimate of drug-likeness (QED) is 0.465. The van der Waals surface area contributed by atoms with Gasteiger partial charge in [-0.05, 0) is 49.6 Å². The van der Waals surface area contributed by atoms with E-state index in [1.54, 1.807) is 36.4 Å². The van der Waals surface area contributed by atoms with E-state index in [1.807, 2.05) is 6.92 Å². The van der Waals surface area contributed by atoms with Crippen molar-refractivity contribution in [3.05, 3.63) is 83.4 Å². The predicted octanol–water partition coefficient (Wildman–Crippen LogP) is 3.52. The molecule has 0 saturated carbocycles. The molecule has 2 aromatic carbocycles. The minimum absolute atomic E-state index is 0.00871. The lowest BCUT2D eigenvalue weighted by Gasteiger charge is -2.44. The summed E-state index contributed by atoms with van der Waals surface area (Å²) in [6, 6.07) is 12.5. The molecule has 2 amide bonds. The van der Waals surface area contributed by atoms with E-state index in [4.69, 9.17) is 0 Å². The van der Waals surface area contributed by atoms with Gasteiger partial charge in [-0.2, -0.15) is 0 Å². The van der Waals surface area contributed by atoms with Gasteiger partial charge in [0.1, 0.15) is 11.4 Å². The van der Waals surface area contributed by atoms with Gasteiger partial charge in [0.2, 0.25) is 0 Å². The molecule has 1 saturated heterocycles. The Labute approximate surface area is 196 Å². The number of piperidine rings is 1. The second-order valence-electron chi connectivity index (χ2n) is 8.75. The van der Waals surface area contributed by atoms with Crippen LogP contribution >= 0.6 is 0 Å². The Morgan fingerprint density at radius 1 is 1.06 bits per heavy atom.